The second-order valence-corrected chi connectivity index (χ2v) is 5.70. The lowest BCUT2D eigenvalue weighted by Gasteiger charge is -2.45. The highest BCUT2D eigenvalue weighted by molar-refractivity contribution is 4.95. The van der Waals surface area contributed by atoms with Crippen molar-refractivity contribution in [2.24, 2.45) is 11.5 Å². The van der Waals surface area contributed by atoms with Gasteiger partial charge in [0.2, 0.25) is 0 Å². The zero-order valence-electron chi connectivity index (χ0n) is 12.3. The van der Waals surface area contributed by atoms with Crippen molar-refractivity contribution in [1.82, 2.24) is 0 Å². The Balaban J connectivity index is 2.11. The molecule has 2 saturated heterocycles. The summed E-state index contributed by atoms with van der Waals surface area (Å²) < 4.78 is 15.8. The minimum absolute atomic E-state index is 0.581. The number of nitrogens with two attached hydrogens (primary N) is 2. The van der Waals surface area contributed by atoms with Crippen molar-refractivity contribution < 1.29 is 44.8 Å². The molecule has 2 unspecified atom stereocenters. The van der Waals surface area contributed by atoms with Crippen LogP contribution >= 0.6 is 0 Å². The van der Waals surface area contributed by atoms with E-state index in [-0.39, 0.29) is 0 Å². The standard InChI is InChI=1S/C12H24N2O9/c13-5-9(19)10(4(2-16)21-11(5)20)23-12-6(14)8(18)7(17)3(1-15)22-12/h3-12,15-20H,1-2,13-14H2/t3-,4-,5-,6-,7?,8-,9-,10+,11?,12-/m1/s1. The molecule has 0 aromatic heterocycles. The highest BCUT2D eigenvalue weighted by Gasteiger charge is 2.49. The molecule has 11 heteroatoms. The predicted molar refractivity (Wildman–Crippen MR) is 72.6 cm³/mol. The fraction of sp³-hybridized carbons (Fsp3) is 1.00. The van der Waals surface area contributed by atoms with E-state index in [2.05, 4.69) is 0 Å². The molecule has 2 rings (SSSR count). The molecule has 2 aliphatic rings. The first-order valence-corrected chi connectivity index (χ1v) is 7.23. The molecule has 0 aliphatic carbocycles. The van der Waals surface area contributed by atoms with Crippen LogP contribution in [0, 0.1) is 0 Å². The van der Waals surface area contributed by atoms with Gasteiger partial charge in [-0.3, -0.25) is 0 Å². The largest absolute Gasteiger partial charge is 0.394 e. The summed E-state index contributed by atoms with van der Waals surface area (Å²) >= 11 is 0. The smallest absolute Gasteiger partial charge is 0.176 e. The fourth-order valence-electron chi connectivity index (χ4n) is 2.65. The molecule has 136 valence electrons. The second kappa shape index (κ2) is 7.63. The summed E-state index contributed by atoms with van der Waals surface area (Å²) in [5.41, 5.74) is 11.3. The molecule has 2 aliphatic heterocycles. The van der Waals surface area contributed by atoms with Crippen molar-refractivity contribution in [2.75, 3.05) is 13.2 Å². The van der Waals surface area contributed by atoms with Crippen LogP contribution in [-0.2, 0) is 14.2 Å². The van der Waals surface area contributed by atoms with Crippen LogP contribution in [0.5, 0.6) is 0 Å². The first kappa shape index (κ1) is 18.9. The van der Waals surface area contributed by atoms with Crippen molar-refractivity contribution in [2.45, 2.75) is 61.3 Å². The third-order valence-electron chi connectivity index (χ3n) is 4.14. The zero-order chi connectivity index (χ0) is 17.3. The number of hydrogen-bond donors (Lipinski definition) is 8. The average Bonchev–Trinajstić information content (AvgIpc) is 2.55. The Morgan fingerprint density at radius 1 is 0.783 bits per heavy atom. The third kappa shape index (κ3) is 3.65. The van der Waals surface area contributed by atoms with Crippen LogP contribution in [0.4, 0.5) is 0 Å². The molecule has 10 N–H and O–H groups in total. The Kier molecular flexibility index (Phi) is 6.27. The van der Waals surface area contributed by atoms with Crippen molar-refractivity contribution in [3.63, 3.8) is 0 Å². The Morgan fingerprint density at radius 3 is 1.96 bits per heavy atom. The van der Waals surface area contributed by atoms with E-state index in [0.717, 1.165) is 0 Å². The lowest BCUT2D eigenvalue weighted by Crippen LogP contribution is -2.67. The maximum atomic E-state index is 10.1. The molecule has 0 spiro atoms. The third-order valence-corrected chi connectivity index (χ3v) is 4.14. The van der Waals surface area contributed by atoms with Gasteiger partial charge < -0.3 is 56.3 Å². The highest BCUT2D eigenvalue weighted by Crippen LogP contribution is 2.27. The minimum Gasteiger partial charge on any atom is -0.394 e. The molecule has 0 aromatic rings. The molecule has 2 fully saturated rings. The molecule has 23 heavy (non-hydrogen) atoms. The molecule has 10 atom stereocenters. The van der Waals surface area contributed by atoms with Crippen molar-refractivity contribution in [3.8, 4) is 0 Å². The maximum Gasteiger partial charge on any atom is 0.176 e. The van der Waals surface area contributed by atoms with Crippen molar-refractivity contribution >= 4 is 0 Å². The SMILES string of the molecule is N[C@H]1[C@@H](O[C@@H]2[C@H](O)[C@@H](N)C(O)O[C@@H]2CO)O[C@H](CO)C(O)[C@@H]1O. The maximum absolute atomic E-state index is 10.1. The van der Waals surface area contributed by atoms with E-state index in [1.807, 2.05) is 0 Å². The second-order valence-electron chi connectivity index (χ2n) is 5.70. The van der Waals surface area contributed by atoms with Gasteiger partial charge in [-0.2, -0.15) is 0 Å². The van der Waals surface area contributed by atoms with Gasteiger partial charge in [0.25, 0.3) is 0 Å². The summed E-state index contributed by atoms with van der Waals surface area (Å²) in [5.74, 6) is 0. The topological polar surface area (TPSA) is 201 Å². The van der Waals surface area contributed by atoms with Crippen LogP contribution in [0.15, 0.2) is 0 Å². The minimum atomic E-state index is -1.49. The van der Waals surface area contributed by atoms with Crippen LogP contribution < -0.4 is 11.5 Å². The number of aliphatic hydroxyl groups excluding tert-OH is 6. The van der Waals surface area contributed by atoms with Crippen LogP contribution in [0.2, 0.25) is 0 Å². The molecule has 0 saturated carbocycles. The van der Waals surface area contributed by atoms with Crippen molar-refractivity contribution in [3.05, 3.63) is 0 Å². The Bertz CT molecular complexity index is 386. The normalized spacial score (nSPS) is 51.7. The summed E-state index contributed by atoms with van der Waals surface area (Å²) in [6.07, 6.45) is -10.5. The Morgan fingerprint density at radius 2 is 1.39 bits per heavy atom. The van der Waals surface area contributed by atoms with Crippen LogP contribution in [0.25, 0.3) is 0 Å². The summed E-state index contributed by atoms with van der Waals surface area (Å²) in [6.45, 7) is -1.17. The van der Waals surface area contributed by atoms with Gasteiger partial charge in [0, 0.05) is 0 Å². The van der Waals surface area contributed by atoms with Gasteiger partial charge in [-0.25, -0.2) is 0 Å². The molecular weight excluding hydrogens is 316 g/mol. The van der Waals surface area contributed by atoms with E-state index >= 15 is 0 Å². The quantitative estimate of drug-likeness (QED) is 0.242. The van der Waals surface area contributed by atoms with Gasteiger partial charge in [0.05, 0.1) is 25.3 Å². The van der Waals surface area contributed by atoms with E-state index in [0.29, 0.717) is 0 Å². The summed E-state index contributed by atoms with van der Waals surface area (Å²) in [5, 5.41) is 57.7. The molecule has 2 heterocycles. The van der Waals surface area contributed by atoms with Gasteiger partial charge in [-0.15, -0.1) is 0 Å². The van der Waals surface area contributed by atoms with Crippen molar-refractivity contribution in [1.29, 1.82) is 0 Å². The van der Waals surface area contributed by atoms with Crippen LogP contribution in [0.3, 0.4) is 0 Å². The number of hydrogen-bond acceptors (Lipinski definition) is 11. The van der Waals surface area contributed by atoms with Gasteiger partial charge in [-0.1, -0.05) is 0 Å². The molecule has 0 amide bonds. The highest BCUT2D eigenvalue weighted by atomic mass is 16.7. The molecule has 0 radical (unpaired) electrons. The number of ether oxygens (including phenoxy) is 3. The first-order chi connectivity index (χ1) is 10.8. The van der Waals surface area contributed by atoms with Crippen LogP contribution in [0.1, 0.15) is 0 Å². The lowest BCUT2D eigenvalue weighted by atomic mass is 9.95. The summed E-state index contributed by atoms with van der Waals surface area (Å²) in [7, 11) is 0. The zero-order valence-corrected chi connectivity index (χ0v) is 12.3. The van der Waals surface area contributed by atoms with Gasteiger partial charge in [-0.05, 0) is 0 Å². The van der Waals surface area contributed by atoms with E-state index in [9.17, 15) is 25.5 Å². The summed E-state index contributed by atoms with van der Waals surface area (Å²) in [6, 6.07) is -2.37. The van der Waals surface area contributed by atoms with Gasteiger partial charge >= 0.3 is 0 Å². The average molecular weight is 340 g/mol. The Labute approximate surface area is 132 Å². The predicted octanol–water partition coefficient (Wildman–Crippen LogP) is -5.46. The molecule has 0 aromatic carbocycles. The molecule has 11 nitrogen and oxygen atoms in total. The number of rotatable bonds is 4. The van der Waals surface area contributed by atoms with E-state index in [4.69, 9.17) is 30.8 Å². The molecule has 0 bridgehead atoms. The fourth-order valence-corrected chi connectivity index (χ4v) is 2.65. The Hall–Kier alpha value is -0.440. The summed E-state index contributed by atoms with van der Waals surface area (Å²) in [4.78, 5) is 0. The van der Waals surface area contributed by atoms with E-state index in [1.165, 1.54) is 0 Å². The van der Waals surface area contributed by atoms with Gasteiger partial charge in [0.1, 0.15) is 36.6 Å². The first-order valence-electron chi connectivity index (χ1n) is 7.23. The van der Waals surface area contributed by atoms with Crippen LogP contribution in [-0.4, -0.2) is 105 Å². The van der Waals surface area contributed by atoms with E-state index in [1.54, 1.807) is 0 Å². The monoisotopic (exact) mass is 340 g/mol. The molecular formula is C12H24N2O9. The lowest BCUT2D eigenvalue weighted by molar-refractivity contribution is -0.324. The van der Waals surface area contributed by atoms with Gasteiger partial charge in [0.15, 0.2) is 12.6 Å². The van der Waals surface area contributed by atoms with E-state index < -0.39 is 74.5 Å². The number of aliphatic hydroxyl groups is 6.